The Morgan fingerprint density at radius 1 is 1.17 bits per heavy atom. The van der Waals surface area contributed by atoms with Crippen LogP contribution in [0.3, 0.4) is 0 Å². The molecule has 1 aromatic heterocycles. The summed E-state index contributed by atoms with van der Waals surface area (Å²) >= 11 is 0. The largest absolute Gasteiger partial charge is 0.416 e. The van der Waals surface area contributed by atoms with Crippen LogP contribution in [-0.4, -0.2) is 76.4 Å². The second kappa shape index (κ2) is 11.7. The van der Waals surface area contributed by atoms with Crippen LogP contribution in [0.15, 0.2) is 59.9 Å². The van der Waals surface area contributed by atoms with Crippen LogP contribution < -0.4 is 10.6 Å². The van der Waals surface area contributed by atoms with Crippen LogP contribution in [0.2, 0.25) is 0 Å². The molecule has 0 spiro atoms. The molecule has 1 aromatic carbocycles. The number of nitrogens with zero attached hydrogens (tertiary/aromatic N) is 5. The van der Waals surface area contributed by atoms with Gasteiger partial charge >= 0.3 is 6.18 Å². The van der Waals surface area contributed by atoms with Gasteiger partial charge in [0.05, 0.1) is 23.1 Å². The number of pyridine rings is 1. The molecular formula is C31H39F3N6O2. The molecule has 1 amide bonds. The number of carbonyl (C=O) groups is 1. The van der Waals surface area contributed by atoms with Crippen LogP contribution in [0.5, 0.6) is 0 Å². The fraction of sp³-hybridized carbons (Fsp3) is 0.516. The van der Waals surface area contributed by atoms with Gasteiger partial charge in [-0.3, -0.25) is 19.7 Å². The van der Waals surface area contributed by atoms with Crippen molar-refractivity contribution in [2.24, 2.45) is 10.7 Å². The van der Waals surface area contributed by atoms with Crippen LogP contribution in [-0.2, 0) is 16.6 Å². The van der Waals surface area contributed by atoms with E-state index in [-0.39, 0.29) is 35.9 Å². The fourth-order valence-electron chi connectivity index (χ4n) is 6.72. The number of alkyl halides is 3. The van der Waals surface area contributed by atoms with Gasteiger partial charge in [-0.05, 0) is 69.7 Å². The minimum Gasteiger partial charge on any atom is -0.384 e. The number of aliphatic hydroxyl groups is 1. The summed E-state index contributed by atoms with van der Waals surface area (Å²) in [6.07, 6.45) is 1.97. The van der Waals surface area contributed by atoms with Crippen molar-refractivity contribution in [3.8, 4) is 0 Å². The van der Waals surface area contributed by atoms with Crippen LogP contribution in [0.25, 0.3) is 0 Å². The molecule has 3 fully saturated rings. The Kier molecular flexibility index (Phi) is 8.35. The summed E-state index contributed by atoms with van der Waals surface area (Å²) in [6.45, 7) is 7.20. The minimum atomic E-state index is -4.48. The standard InChI is InChI=1S/C31H39F3N6O2/c1-20(2)38(3)24-7-8-27(36-18-24)30(42)13-9-23(10-14-30)39-15-11-26-25(39)12-16-40(26)28(41)19-37-29(35)21-5-4-6-22(17-21)31(32,33)34/h4-8,17-18,23,25-26,42H,1,9-16,19H2,2-3H3,(H2,35,37)/t23?,25-,26-,30?/m0/s1. The maximum atomic E-state index is 13.1. The first-order chi connectivity index (χ1) is 19.9. The zero-order chi connectivity index (χ0) is 30.2. The molecule has 2 saturated heterocycles. The van der Waals surface area contributed by atoms with Gasteiger partial charge in [0.1, 0.15) is 18.0 Å². The first-order valence-electron chi connectivity index (χ1n) is 14.5. The number of halogens is 3. The van der Waals surface area contributed by atoms with E-state index in [9.17, 15) is 23.1 Å². The Balaban J connectivity index is 1.16. The van der Waals surface area contributed by atoms with Crippen molar-refractivity contribution >= 4 is 17.4 Å². The topological polar surface area (TPSA) is 98.3 Å². The highest BCUT2D eigenvalue weighted by atomic mass is 19.4. The highest BCUT2D eigenvalue weighted by Gasteiger charge is 2.48. The quantitative estimate of drug-likeness (QED) is 0.373. The number of amidine groups is 1. The number of aliphatic imine (C=N–C) groups is 1. The molecule has 0 unspecified atom stereocenters. The molecule has 0 bridgehead atoms. The monoisotopic (exact) mass is 584 g/mol. The first-order valence-corrected chi connectivity index (χ1v) is 14.5. The number of aromatic nitrogens is 1. The molecule has 11 heteroatoms. The van der Waals surface area contributed by atoms with E-state index < -0.39 is 17.3 Å². The van der Waals surface area contributed by atoms with Crippen LogP contribution >= 0.6 is 0 Å². The van der Waals surface area contributed by atoms with E-state index in [0.29, 0.717) is 31.1 Å². The molecule has 1 saturated carbocycles. The van der Waals surface area contributed by atoms with Gasteiger partial charge < -0.3 is 20.6 Å². The molecule has 226 valence electrons. The SMILES string of the molecule is C=C(C)N(C)c1ccc(C2(O)CCC(N3CC[C@H]4[C@@H]3CCN4C(=O)CN=C(N)c3cccc(C(F)(F)F)c3)CC2)nc1. The lowest BCUT2D eigenvalue weighted by atomic mass is 9.79. The summed E-state index contributed by atoms with van der Waals surface area (Å²) < 4.78 is 39.2. The zero-order valence-electron chi connectivity index (χ0n) is 24.1. The van der Waals surface area contributed by atoms with Crippen molar-refractivity contribution in [3.63, 3.8) is 0 Å². The van der Waals surface area contributed by atoms with Gasteiger partial charge in [0.25, 0.3) is 0 Å². The molecule has 1 aliphatic carbocycles. The van der Waals surface area contributed by atoms with E-state index in [4.69, 9.17) is 5.73 Å². The number of benzene rings is 1. The summed E-state index contributed by atoms with van der Waals surface area (Å²) in [5.41, 5.74) is 6.87. The summed E-state index contributed by atoms with van der Waals surface area (Å²) in [5.74, 6) is -0.246. The van der Waals surface area contributed by atoms with Gasteiger partial charge in [-0.2, -0.15) is 13.2 Å². The lowest BCUT2D eigenvalue weighted by Crippen LogP contribution is -2.47. The molecule has 2 aromatic rings. The number of anilines is 1. The predicted octanol–water partition coefficient (Wildman–Crippen LogP) is 4.28. The number of hydrogen-bond donors (Lipinski definition) is 2. The van der Waals surface area contributed by atoms with E-state index >= 15 is 0 Å². The summed E-state index contributed by atoms with van der Waals surface area (Å²) in [6, 6.07) is 9.20. The average molecular weight is 585 g/mol. The second-order valence-electron chi connectivity index (χ2n) is 11.8. The molecule has 3 heterocycles. The highest BCUT2D eigenvalue weighted by molar-refractivity contribution is 5.98. The number of nitrogens with two attached hydrogens (primary N) is 1. The number of hydrogen-bond acceptors (Lipinski definition) is 6. The van der Waals surface area contributed by atoms with Crippen LogP contribution in [0.4, 0.5) is 18.9 Å². The number of fused-ring (bicyclic) bond motifs is 1. The molecule has 0 radical (unpaired) electrons. The number of amides is 1. The molecule has 8 nitrogen and oxygen atoms in total. The fourth-order valence-corrected chi connectivity index (χ4v) is 6.72. The third-order valence-corrected chi connectivity index (χ3v) is 9.25. The predicted molar refractivity (Wildman–Crippen MR) is 156 cm³/mol. The van der Waals surface area contributed by atoms with Gasteiger partial charge in [-0.15, -0.1) is 0 Å². The van der Waals surface area contributed by atoms with Gasteiger partial charge in [0.15, 0.2) is 0 Å². The van der Waals surface area contributed by atoms with Gasteiger partial charge in [-0.25, -0.2) is 0 Å². The van der Waals surface area contributed by atoms with E-state index in [1.807, 2.05) is 35.9 Å². The summed E-state index contributed by atoms with van der Waals surface area (Å²) in [4.78, 5) is 28.1. The van der Waals surface area contributed by atoms with Crippen molar-refractivity contribution in [2.75, 3.05) is 31.6 Å². The van der Waals surface area contributed by atoms with Crippen LogP contribution in [0.1, 0.15) is 62.3 Å². The van der Waals surface area contributed by atoms with E-state index in [1.165, 1.54) is 12.1 Å². The van der Waals surface area contributed by atoms with E-state index in [1.54, 1.807) is 6.20 Å². The normalized spacial score (nSPS) is 26.8. The molecular weight excluding hydrogens is 545 g/mol. The number of rotatable bonds is 7. The zero-order valence-corrected chi connectivity index (χ0v) is 24.1. The van der Waals surface area contributed by atoms with Crippen molar-refractivity contribution in [2.45, 2.75) is 75.4 Å². The third kappa shape index (κ3) is 6.03. The molecule has 5 rings (SSSR count). The van der Waals surface area contributed by atoms with Crippen molar-refractivity contribution in [3.05, 3.63) is 71.7 Å². The van der Waals surface area contributed by atoms with Crippen LogP contribution in [0, 0.1) is 0 Å². The molecule has 2 atom stereocenters. The average Bonchev–Trinajstić information content (AvgIpc) is 3.58. The Morgan fingerprint density at radius 3 is 2.52 bits per heavy atom. The number of likely N-dealkylation sites (tertiary alicyclic amines) is 2. The van der Waals surface area contributed by atoms with Gasteiger partial charge in [0, 0.05) is 49.5 Å². The molecule has 2 aliphatic heterocycles. The van der Waals surface area contributed by atoms with Gasteiger partial charge in [-0.1, -0.05) is 18.7 Å². The highest BCUT2D eigenvalue weighted by Crippen LogP contribution is 2.42. The number of allylic oxidation sites excluding steroid dienone is 1. The Labute approximate surface area is 244 Å². The van der Waals surface area contributed by atoms with Crippen molar-refractivity contribution < 1.29 is 23.1 Å². The summed E-state index contributed by atoms with van der Waals surface area (Å²) in [7, 11) is 1.93. The lowest BCUT2D eigenvalue weighted by molar-refractivity contribution is -0.137. The smallest absolute Gasteiger partial charge is 0.384 e. The lowest BCUT2D eigenvalue weighted by Gasteiger charge is -2.41. The third-order valence-electron chi connectivity index (χ3n) is 9.25. The van der Waals surface area contributed by atoms with E-state index in [0.717, 1.165) is 55.7 Å². The maximum absolute atomic E-state index is 13.1. The second-order valence-corrected chi connectivity index (χ2v) is 11.8. The first kappa shape index (κ1) is 30.0. The number of carbonyl (C=O) groups excluding carboxylic acids is 1. The Morgan fingerprint density at radius 2 is 1.88 bits per heavy atom. The summed E-state index contributed by atoms with van der Waals surface area (Å²) in [5, 5.41) is 11.4. The molecule has 3 N–H and O–H groups in total. The van der Waals surface area contributed by atoms with Crippen molar-refractivity contribution in [1.29, 1.82) is 0 Å². The van der Waals surface area contributed by atoms with Crippen molar-refractivity contribution in [1.82, 2.24) is 14.8 Å². The van der Waals surface area contributed by atoms with Gasteiger partial charge in [0.2, 0.25) is 5.91 Å². The Bertz CT molecular complexity index is 1340. The van der Waals surface area contributed by atoms with E-state index in [2.05, 4.69) is 21.5 Å². The molecule has 42 heavy (non-hydrogen) atoms. The maximum Gasteiger partial charge on any atom is 0.416 e. The Hall–Kier alpha value is -3.44. The minimum absolute atomic E-state index is 0.0834. The molecule has 3 aliphatic rings.